The van der Waals surface area contributed by atoms with Gasteiger partial charge in [-0.2, -0.15) is 0 Å². The van der Waals surface area contributed by atoms with Crippen LogP contribution in [0.15, 0.2) is 34.7 Å². The summed E-state index contributed by atoms with van der Waals surface area (Å²) < 4.78 is 16.1. The minimum atomic E-state index is -0.253. The molecule has 0 saturated heterocycles. The first-order chi connectivity index (χ1) is 9.28. The average molecular weight is 259 g/mol. The van der Waals surface area contributed by atoms with Crippen molar-refractivity contribution in [1.82, 2.24) is 0 Å². The highest BCUT2D eigenvalue weighted by atomic mass is 16.5. The highest BCUT2D eigenvalue weighted by molar-refractivity contribution is 5.37. The van der Waals surface area contributed by atoms with Gasteiger partial charge in [-0.15, -0.1) is 0 Å². The summed E-state index contributed by atoms with van der Waals surface area (Å²) in [5.74, 6) is 1.54. The zero-order valence-corrected chi connectivity index (χ0v) is 10.9. The van der Waals surface area contributed by atoms with Gasteiger partial charge in [-0.3, -0.25) is 0 Å². The van der Waals surface area contributed by atoms with Crippen LogP contribution < -0.4 is 5.73 Å². The van der Waals surface area contributed by atoms with E-state index < -0.39 is 0 Å². The predicted molar refractivity (Wildman–Crippen MR) is 70.4 cm³/mol. The van der Waals surface area contributed by atoms with Gasteiger partial charge in [0.1, 0.15) is 18.1 Å². The maximum absolute atomic E-state index is 6.24. The molecule has 100 valence electrons. The van der Waals surface area contributed by atoms with Crippen LogP contribution in [0.1, 0.15) is 34.3 Å². The van der Waals surface area contributed by atoms with Gasteiger partial charge in [-0.25, -0.2) is 0 Å². The number of furan rings is 1. The van der Waals surface area contributed by atoms with E-state index in [9.17, 15) is 0 Å². The van der Waals surface area contributed by atoms with Crippen LogP contribution in [0, 0.1) is 0 Å². The second-order valence-corrected chi connectivity index (χ2v) is 4.74. The van der Waals surface area contributed by atoms with Crippen molar-refractivity contribution < 1.29 is 13.9 Å². The first-order valence-corrected chi connectivity index (χ1v) is 6.30. The molecule has 1 aliphatic heterocycles. The van der Waals surface area contributed by atoms with E-state index in [0.717, 1.165) is 17.1 Å². The molecule has 0 aliphatic carbocycles. The lowest BCUT2D eigenvalue weighted by Gasteiger charge is -2.10. The number of hydrogen-bond acceptors (Lipinski definition) is 4. The zero-order chi connectivity index (χ0) is 13.2. The maximum Gasteiger partial charge on any atom is 0.129 e. The summed E-state index contributed by atoms with van der Waals surface area (Å²) in [7, 11) is 1.64. The fraction of sp³-hybridized carbons (Fsp3) is 0.333. The Bertz CT molecular complexity index is 577. The SMILES string of the molecule is COCc1ccc(C(N)c2ccc3c(c2)COC3)o1. The van der Waals surface area contributed by atoms with Crippen LogP contribution in [0.4, 0.5) is 0 Å². The summed E-state index contributed by atoms with van der Waals surface area (Å²) in [6.07, 6.45) is 0. The number of methoxy groups -OCH3 is 1. The molecule has 1 atom stereocenters. The van der Waals surface area contributed by atoms with E-state index in [1.165, 1.54) is 11.1 Å². The molecule has 0 amide bonds. The van der Waals surface area contributed by atoms with E-state index >= 15 is 0 Å². The minimum Gasteiger partial charge on any atom is -0.462 e. The first-order valence-electron chi connectivity index (χ1n) is 6.30. The van der Waals surface area contributed by atoms with Crippen molar-refractivity contribution in [1.29, 1.82) is 0 Å². The minimum absolute atomic E-state index is 0.253. The molecule has 2 heterocycles. The van der Waals surface area contributed by atoms with Crippen molar-refractivity contribution >= 4 is 0 Å². The van der Waals surface area contributed by atoms with Crippen LogP contribution in [-0.4, -0.2) is 7.11 Å². The van der Waals surface area contributed by atoms with Crippen molar-refractivity contribution in [3.8, 4) is 0 Å². The first kappa shape index (κ1) is 12.4. The Morgan fingerprint density at radius 3 is 2.89 bits per heavy atom. The molecule has 4 nitrogen and oxygen atoms in total. The second-order valence-electron chi connectivity index (χ2n) is 4.74. The largest absolute Gasteiger partial charge is 0.462 e. The lowest BCUT2D eigenvalue weighted by atomic mass is 10.0. The number of hydrogen-bond donors (Lipinski definition) is 1. The molecule has 2 N–H and O–H groups in total. The summed E-state index contributed by atoms with van der Waals surface area (Å²) in [5, 5.41) is 0. The monoisotopic (exact) mass is 259 g/mol. The van der Waals surface area contributed by atoms with Gasteiger partial charge >= 0.3 is 0 Å². The lowest BCUT2D eigenvalue weighted by molar-refractivity contribution is 0.134. The zero-order valence-electron chi connectivity index (χ0n) is 10.9. The Morgan fingerprint density at radius 1 is 1.21 bits per heavy atom. The fourth-order valence-corrected chi connectivity index (χ4v) is 2.33. The van der Waals surface area contributed by atoms with Crippen molar-refractivity contribution in [2.75, 3.05) is 7.11 Å². The molecule has 2 aromatic rings. The predicted octanol–water partition coefficient (Wildman–Crippen LogP) is 2.50. The van der Waals surface area contributed by atoms with Gasteiger partial charge in [-0.05, 0) is 28.8 Å². The number of nitrogens with two attached hydrogens (primary N) is 1. The maximum atomic E-state index is 6.24. The van der Waals surface area contributed by atoms with Crippen molar-refractivity contribution in [3.63, 3.8) is 0 Å². The molecular weight excluding hydrogens is 242 g/mol. The molecule has 0 saturated carbocycles. The van der Waals surface area contributed by atoms with Gasteiger partial charge in [0.25, 0.3) is 0 Å². The second kappa shape index (κ2) is 5.17. The molecule has 1 aromatic carbocycles. The normalized spacial score (nSPS) is 15.5. The van der Waals surface area contributed by atoms with Crippen LogP contribution in [-0.2, 0) is 29.3 Å². The Balaban J connectivity index is 1.84. The molecule has 0 spiro atoms. The third-order valence-electron chi connectivity index (χ3n) is 3.38. The standard InChI is InChI=1S/C15H17NO3/c1-17-9-13-4-5-14(19-13)15(16)10-2-3-11-7-18-8-12(11)6-10/h2-6,15H,7-9,16H2,1H3. The van der Waals surface area contributed by atoms with Crippen molar-refractivity contribution in [2.45, 2.75) is 25.9 Å². The molecule has 0 bridgehead atoms. The highest BCUT2D eigenvalue weighted by Crippen LogP contribution is 2.27. The molecule has 1 aliphatic rings. The fourth-order valence-electron chi connectivity index (χ4n) is 2.33. The Kier molecular flexibility index (Phi) is 3.38. The van der Waals surface area contributed by atoms with Crippen molar-refractivity contribution in [3.05, 3.63) is 58.5 Å². The average Bonchev–Trinajstić information content (AvgIpc) is 3.05. The molecule has 1 aromatic heterocycles. The number of benzene rings is 1. The summed E-state index contributed by atoms with van der Waals surface area (Å²) in [5.41, 5.74) is 9.75. The molecule has 19 heavy (non-hydrogen) atoms. The molecule has 1 unspecified atom stereocenters. The van der Waals surface area contributed by atoms with E-state index in [0.29, 0.717) is 19.8 Å². The van der Waals surface area contributed by atoms with Gasteiger partial charge in [0.05, 0.1) is 19.3 Å². The van der Waals surface area contributed by atoms with Crippen LogP contribution >= 0.6 is 0 Å². The molecular formula is C15H17NO3. The highest BCUT2D eigenvalue weighted by Gasteiger charge is 2.17. The van der Waals surface area contributed by atoms with Gasteiger partial charge < -0.3 is 19.6 Å². The number of rotatable bonds is 4. The van der Waals surface area contributed by atoms with E-state index in [-0.39, 0.29) is 6.04 Å². The molecule has 3 rings (SSSR count). The quantitative estimate of drug-likeness (QED) is 0.916. The van der Waals surface area contributed by atoms with Crippen LogP contribution in [0.5, 0.6) is 0 Å². The van der Waals surface area contributed by atoms with Gasteiger partial charge in [0, 0.05) is 7.11 Å². The van der Waals surface area contributed by atoms with E-state index in [1.807, 2.05) is 18.2 Å². The summed E-state index contributed by atoms with van der Waals surface area (Å²) >= 11 is 0. The van der Waals surface area contributed by atoms with Gasteiger partial charge in [0.15, 0.2) is 0 Å². The van der Waals surface area contributed by atoms with E-state index in [4.69, 9.17) is 19.6 Å². The van der Waals surface area contributed by atoms with E-state index in [2.05, 4.69) is 12.1 Å². The summed E-state index contributed by atoms with van der Waals surface area (Å²) in [4.78, 5) is 0. The third kappa shape index (κ3) is 2.42. The smallest absolute Gasteiger partial charge is 0.129 e. The molecule has 0 radical (unpaired) electrons. The van der Waals surface area contributed by atoms with Crippen LogP contribution in [0.25, 0.3) is 0 Å². The number of ether oxygens (including phenoxy) is 2. The third-order valence-corrected chi connectivity index (χ3v) is 3.38. The molecule has 0 fully saturated rings. The Morgan fingerprint density at radius 2 is 2.05 bits per heavy atom. The van der Waals surface area contributed by atoms with Crippen LogP contribution in [0.3, 0.4) is 0 Å². The topological polar surface area (TPSA) is 57.6 Å². The Hall–Kier alpha value is -1.62. The summed E-state index contributed by atoms with van der Waals surface area (Å²) in [6, 6.07) is 9.77. The van der Waals surface area contributed by atoms with Crippen LogP contribution in [0.2, 0.25) is 0 Å². The van der Waals surface area contributed by atoms with Gasteiger partial charge in [-0.1, -0.05) is 18.2 Å². The summed E-state index contributed by atoms with van der Waals surface area (Å²) in [6.45, 7) is 1.83. The number of fused-ring (bicyclic) bond motifs is 1. The van der Waals surface area contributed by atoms with Gasteiger partial charge in [0.2, 0.25) is 0 Å². The lowest BCUT2D eigenvalue weighted by Crippen LogP contribution is -2.11. The Labute approximate surface area is 112 Å². The van der Waals surface area contributed by atoms with Crippen molar-refractivity contribution in [2.24, 2.45) is 5.73 Å². The van der Waals surface area contributed by atoms with E-state index in [1.54, 1.807) is 7.11 Å². The molecule has 4 heteroatoms.